The number of aliphatic carboxylic acids is 1. The number of nitriles is 1. The van der Waals surface area contributed by atoms with Crippen LogP contribution in [0.1, 0.15) is 18.9 Å². The number of halogens is 2. The maximum Gasteiger partial charge on any atom is 0.310 e. The lowest BCUT2D eigenvalue weighted by Gasteiger charge is -2.20. The zero-order valence-corrected chi connectivity index (χ0v) is 12.3. The molecule has 1 atom stereocenters. The number of carboxylic acids is 1. The highest BCUT2D eigenvalue weighted by Crippen LogP contribution is 2.35. The van der Waals surface area contributed by atoms with Crippen LogP contribution in [0.25, 0.3) is 0 Å². The van der Waals surface area contributed by atoms with Crippen molar-refractivity contribution < 1.29 is 27.1 Å². The smallest absolute Gasteiger partial charge is 0.310 e. The van der Waals surface area contributed by atoms with Gasteiger partial charge in [-0.3, -0.25) is 4.79 Å². The van der Waals surface area contributed by atoms with Crippen LogP contribution in [0, 0.1) is 28.4 Å². The Labute approximate surface area is 125 Å². The molecule has 9 heteroatoms. The van der Waals surface area contributed by atoms with Crippen LogP contribution in [0.5, 0.6) is 0 Å². The maximum absolute atomic E-state index is 13.9. The second-order valence-electron chi connectivity index (χ2n) is 5.34. The van der Waals surface area contributed by atoms with E-state index in [0.29, 0.717) is 12.1 Å². The van der Waals surface area contributed by atoms with Gasteiger partial charge in [-0.2, -0.15) is 9.57 Å². The fraction of sp³-hybridized carbons (Fsp3) is 0.385. The summed E-state index contributed by atoms with van der Waals surface area (Å²) in [6.45, 7) is 0.851. The van der Waals surface area contributed by atoms with Gasteiger partial charge in [0.25, 0.3) is 0 Å². The lowest BCUT2D eigenvalue weighted by Crippen LogP contribution is -2.35. The number of sulfonamides is 1. The number of hydrogen-bond acceptors (Lipinski definition) is 4. The van der Waals surface area contributed by atoms with Crippen LogP contribution in [-0.2, 0) is 14.8 Å². The summed E-state index contributed by atoms with van der Waals surface area (Å²) in [4.78, 5) is 9.98. The van der Waals surface area contributed by atoms with Gasteiger partial charge in [0, 0.05) is 13.1 Å². The molecule has 0 spiro atoms. The van der Waals surface area contributed by atoms with Crippen LogP contribution >= 0.6 is 0 Å². The molecular weight excluding hydrogens is 318 g/mol. The number of benzene rings is 1. The fourth-order valence-electron chi connectivity index (χ4n) is 2.30. The van der Waals surface area contributed by atoms with Gasteiger partial charge in [0.15, 0.2) is 4.90 Å². The van der Waals surface area contributed by atoms with E-state index in [2.05, 4.69) is 0 Å². The van der Waals surface area contributed by atoms with E-state index in [-0.39, 0.29) is 25.1 Å². The second-order valence-corrected chi connectivity index (χ2v) is 7.21. The SMILES string of the molecule is CC1(C(=O)O)CCN(S(=O)(=O)c2c(F)cc(C#N)cc2F)C1. The number of nitrogens with zero attached hydrogens (tertiary/aromatic N) is 2. The zero-order valence-electron chi connectivity index (χ0n) is 11.5. The van der Waals surface area contributed by atoms with Gasteiger partial charge in [0.1, 0.15) is 11.6 Å². The molecule has 1 aliphatic rings. The fourth-order valence-corrected chi connectivity index (χ4v) is 3.95. The molecule has 1 aliphatic heterocycles. The van der Waals surface area contributed by atoms with E-state index in [1.165, 1.54) is 13.0 Å². The molecule has 1 heterocycles. The lowest BCUT2D eigenvalue weighted by molar-refractivity contribution is -0.146. The Bertz CT molecular complexity index is 765. The third-order valence-electron chi connectivity index (χ3n) is 3.68. The average molecular weight is 330 g/mol. The van der Waals surface area contributed by atoms with Crippen LogP contribution in [0.3, 0.4) is 0 Å². The molecule has 118 valence electrons. The third-order valence-corrected chi connectivity index (χ3v) is 5.58. The molecule has 1 unspecified atom stereocenters. The summed E-state index contributed by atoms with van der Waals surface area (Å²) in [6.07, 6.45) is 0.0427. The van der Waals surface area contributed by atoms with E-state index >= 15 is 0 Å². The third kappa shape index (κ3) is 2.55. The minimum atomic E-state index is -4.52. The Balaban J connectivity index is 2.46. The number of carbonyl (C=O) groups is 1. The first-order valence-electron chi connectivity index (χ1n) is 6.24. The Morgan fingerprint density at radius 3 is 2.36 bits per heavy atom. The van der Waals surface area contributed by atoms with Crippen molar-refractivity contribution in [2.75, 3.05) is 13.1 Å². The van der Waals surface area contributed by atoms with Gasteiger partial charge >= 0.3 is 5.97 Å². The molecule has 1 fully saturated rings. The summed E-state index contributed by atoms with van der Waals surface area (Å²) in [5.41, 5.74) is -1.64. The van der Waals surface area contributed by atoms with Crippen molar-refractivity contribution >= 4 is 16.0 Å². The van der Waals surface area contributed by atoms with Crippen LogP contribution in [0.2, 0.25) is 0 Å². The monoisotopic (exact) mass is 330 g/mol. The minimum absolute atomic E-state index is 0.0427. The van der Waals surface area contributed by atoms with Gasteiger partial charge in [-0.15, -0.1) is 0 Å². The highest BCUT2D eigenvalue weighted by Gasteiger charge is 2.46. The molecule has 0 amide bonds. The van der Waals surface area contributed by atoms with Gasteiger partial charge in [-0.1, -0.05) is 0 Å². The molecule has 1 N–H and O–H groups in total. The van der Waals surface area contributed by atoms with Crippen LogP contribution < -0.4 is 0 Å². The van der Waals surface area contributed by atoms with Gasteiger partial charge in [0.2, 0.25) is 10.0 Å². The predicted molar refractivity (Wildman–Crippen MR) is 70.2 cm³/mol. The van der Waals surface area contributed by atoms with Crippen LogP contribution in [-0.4, -0.2) is 36.9 Å². The van der Waals surface area contributed by atoms with Crippen molar-refractivity contribution in [3.63, 3.8) is 0 Å². The van der Waals surface area contributed by atoms with E-state index in [1.807, 2.05) is 0 Å². The largest absolute Gasteiger partial charge is 0.481 e. The summed E-state index contributed by atoms with van der Waals surface area (Å²) in [7, 11) is -4.52. The zero-order chi connectivity index (χ0) is 16.7. The quantitative estimate of drug-likeness (QED) is 0.901. The molecule has 1 saturated heterocycles. The Morgan fingerprint density at radius 2 is 1.95 bits per heavy atom. The first-order chi connectivity index (χ1) is 10.1. The van der Waals surface area contributed by atoms with Gasteiger partial charge in [-0.05, 0) is 25.5 Å². The van der Waals surface area contributed by atoms with Gasteiger partial charge < -0.3 is 5.11 Å². The summed E-state index contributed by atoms with van der Waals surface area (Å²) < 4.78 is 53.2. The molecule has 2 rings (SSSR count). The normalized spacial score (nSPS) is 22.5. The number of rotatable bonds is 3. The van der Waals surface area contributed by atoms with Crippen molar-refractivity contribution in [3.05, 3.63) is 29.3 Å². The van der Waals surface area contributed by atoms with Crippen molar-refractivity contribution in [2.24, 2.45) is 5.41 Å². The molecule has 0 saturated carbocycles. The molecule has 0 radical (unpaired) electrons. The van der Waals surface area contributed by atoms with Gasteiger partial charge in [0.05, 0.1) is 17.0 Å². The summed E-state index contributed by atoms with van der Waals surface area (Å²) in [6, 6.07) is 2.77. The predicted octanol–water partition coefficient (Wildman–Crippen LogP) is 1.32. The van der Waals surface area contributed by atoms with Crippen LogP contribution in [0.15, 0.2) is 17.0 Å². The van der Waals surface area contributed by atoms with Crippen LogP contribution in [0.4, 0.5) is 8.78 Å². The summed E-state index contributed by atoms with van der Waals surface area (Å²) >= 11 is 0. The summed E-state index contributed by atoms with van der Waals surface area (Å²) in [5, 5.41) is 17.7. The Hall–Kier alpha value is -2.05. The Morgan fingerprint density at radius 1 is 1.41 bits per heavy atom. The highest BCUT2D eigenvalue weighted by atomic mass is 32.2. The van der Waals surface area contributed by atoms with Crippen molar-refractivity contribution in [1.82, 2.24) is 4.31 Å². The second kappa shape index (κ2) is 5.30. The maximum atomic E-state index is 13.9. The molecule has 1 aromatic rings. The van der Waals surface area contributed by atoms with E-state index in [1.54, 1.807) is 0 Å². The molecule has 0 aliphatic carbocycles. The molecule has 6 nitrogen and oxygen atoms in total. The Kier molecular flexibility index (Phi) is 3.93. The minimum Gasteiger partial charge on any atom is -0.481 e. The summed E-state index contributed by atoms with van der Waals surface area (Å²) in [5.74, 6) is -3.92. The van der Waals surface area contributed by atoms with E-state index < -0.39 is 37.9 Å². The van der Waals surface area contributed by atoms with Gasteiger partial charge in [-0.25, -0.2) is 17.2 Å². The molecule has 0 bridgehead atoms. The van der Waals surface area contributed by atoms with E-state index in [4.69, 9.17) is 10.4 Å². The first kappa shape index (κ1) is 16.3. The van der Waals surface area contributed by atoms with Crippen molar-refractivity contribution in [1.29, 1.82) is 5.26 Å². The number of carboxylic acid groups (broad SMARTS) is 1. The first-order valence-corrected chi connectivity index (χ1v) is 7.68. The topological polar surface area (TPSA) is 98.5 Å². The molecule has 22 heavy (non-hydrogen) atoms. The molecule has 1 aromatic carbocycles. The highest BCUT2D eigenvalue weighted by molar-refractivity contribution is 7.89. The average Bonchev–Trinajstić information content (AvgIpc) is 2.82. The van der Waals surface area contributed by atoms with Crippen molar-refractivity contribution in [3.8, 4) is 6.07 Å². The molecular formula is C13H12F2N2O4S. The van der Waals surface area contributed by atoms with Crippen molar-refractivity contribution in [2.45, 2.75) is 18.2 Å². The van der Waals surface area contributed by atoms with E-state index in [0.717, 1.165) is 4.31 Å². The standard InChI is InChI=1S/C13H12F2N2O4S/c1-13(12(18)19)2-3-17(7-13)22(20,21)11-9(14)4-8(6-16)5-10(11)15/h4-5H,2-3,7H2,1H3,(H,18,19). The number of hydrogen-bond donors (Lipinski definition) is 1. The van der Waals surface area contributed by atoms with E-state index in [9.17, 15) is 22.0 Å². The molecule has 0 aromatic heterocycles. The lowest BCUT2D eigenvalue weighted by atomic mass is 9.90.